The minimum atomic E-state index is 0.372. The molecule has 0 saturated heterocycles. The summed E-state index contributed by atoms with van der Waals surface area (Å²) in [6.45, 7) is 4.69. The highest BCUT2D eigenvalue weighted by atomic mass is 79.9. The van der Waals surface area contributed by atoms with E-state index in [0.29, 0.717) is 17.4 Å². The van der Waals surface area contributed by atoms with Gasteiger partial charge in [-0.3, -0.25) is 0 Å². The number of nitrogens with zero attached hydrogens (tertiary/aromatic N) is 2. The Morgan fingerprint density at radius 1 is 1.28 bits per heavy atom. The van der Waals surface area contributed by atoms with E-state index in [1.807, 2.05) is 6.07 Å². The third kappa shape index (κ3) is 2.53. The first-order chi connectivity index (χ1) is 8.54. The van der Waals surface area contributed by atoms with Crippen molar-refractivity contribution in [2.24, 2.45) is 5.41 Å². The van der Waals surface area contributed by atoms with Crippen LogP contribution in [0.2, 0.25) is 0 Å². The maximum Gasteiger partial charge on any atom is 0.135 e. The van der Waals surface area contributed by atoms with Gasteiger partial charge in [-0.1, -0.05) is 20.3 Å². The highest BCUT2D eigenvalue weighted by molar-refractivity contribution is 9.10. The van der Waals surface area contributed by atoms with Crippen molar-refractivity contribution in [1.29, 1.82) is 0 Å². The molecule has 2 aliphatic rings. The Morgan fingerprint density at radius 3 is 2.67 bits per heavy atom. The fraction of sp³-hybridized carbons (Fsp3) is 0.714. The van der Waals surface area contributed by atoms with E-state index in [9.17, 15) is 0 Å². The lowest BCUT2D eigenvalue weighted by Crippen LogP contribution is -2.31. The molecule has 1 unspecified atom stereocenters. The first-order valence-electron chi connectivity index (χ1n) is 6.86. The van der Waals surface area contributed by atoms with E-state index < -0.39 is 0 Å². The molecule has 1 heterocycles. The second kappa shape index (κ2) is 4.48. The van der Waals surface area contributed by atoms with Crippen molar-refractivity contribution >= 4 is 21.7 Å². The molecule has 0 amide bonds. The molecule has 1 aromatic heterocycles. The van der Waals surface area contributed by atoms with Crippen LogP contribution in [0.25, 0.3) is 0 Å². The average Bonchev–Trinajstić information content (AvgIpc) is 3.06. The van der Waals surface area contributed by atoms with Crippen LogP contribution < -0.4 is 5.32 Å². The summed E-state index contributed by atoms with van der Waals surface area (Å²) in [5.41, 5.74) is 0.372. The van der Waals surface area contributed by atoms with Crippen LogP contribution in [0.1, 0.15) is 57.7 Å². The molecule has 4 heteroatoms. The van der Waals surface area contributed by atoms with Crippen LogP contribution in [0.3, 0.4) is 0 Å². The smallest absolute Gasteiger partial charge is 0.135 e. The van der Waals surface area contributed by atoms with Gasteiger partial charge in [-0.25, -0.2) is 9.97 Å². The summed E-state index contributed by atoms with van der Waals surface area (Å²) >= 11 is 3.50. The zero-order valence-corrected chi connectivity index (χ0v) is 12.6. The van der Waals surface area contributed by atoms with Crippen molar-refractivity contribution in [3.8, 4) is 0 Å². The summed E-state index contributed by atoms with van der Waals surface area (Å²) < 4.78 is 0.901. The standard InChI is InChI=1S/C14H20BrN3/c1-14(2)7-3-4-10(14)16-12-8-11(15)17-13(18-12)9-5-6-9/h8-10H,3-7H2,1-2H3,(H,16,17,18). The minimum Gasteiger partial charge on any atom is -0.367 e. The predicted octanol–water partition coefficient (Wildman–Crippen LogP) is 4.11. The molecule has 1 N–H and O–H groups in total. The highest BCUT2D eigenvalue weighted by Gasteiger charge is 2.35. The van der Waals surface area contributed by atoms with Crippen LogP contribution in [-0.4, -0.2) is 16.0 Å². The van der Waals surface area contributed by atoms with Gasteiger partial charge in [-0.15, -0.1) is 0 Å². The van der Waals surface area contributed by atoms with Crippen molar-refractivity contribution in [2.45, 2.75) is 57.9 Å². The van der Waals surface area contributed by atoms with E-state index in [0.717, 1.165) is 16.2 Å². The summed E-state index contributed by atoms with van der Waals surface area (Å²) in [5, 5.41) is 3.61. The molecule has 0 spiro atoms. The minimum absolute atomic E-state index is 0.372. The number of rotatable bonds is 3. The average molecular weight is 310 g/mol. The van der Waals surface area contributed by atoms with E-state index in [2.05, 4.69) is 45.1 Å². The van der Waals surface area contributed by atoms with E-state index in [-0.39, 0.29) is 0 Å². The molecule has 1 atom stereocenters. The van der Waals surface area contributed by atoms with E-state index in [1.165, 1.54) is 32.1 Å². The van der Waals surface area contributed by atoms with Gasteiger partial charge in [-0.2, -0.15) is 0 Å². The van der Waals surface area contributed by atoms with Crippen LogP contribution in [-0.2, 0) is 0 Å². The molecule has 1 aromatic rings. The van der Waals surface area contributed by atoms with Crippen molar-refractivity contribution < 1.29 is 0 Å². The first-order valence-corrected chi connectivity index (χ1v) is 7.65. The summed E-state index contributed by atoms with van der Waals surface area (Å²) in [5.74, 6) is 2.58. The highest BCUT2D eigenvalue weighted by Crippen LogP contribution is 2.41. The van der Waals surface area contributed by atoms with Crippen molar-refractivity contribution in [1.82, 2.24) is 9.97 Å². The molecular weight excluding hydrogens is 290 g/mol. The number of hydrogen-bond donors (Lipinski definition) is 1. The number of halogens is 1. The Morgan fingerprint density at radius 2 is 2.06 bits per heavy atom. The molecule has 2 saturated carbocycles. The van der Waals surface area contributed by atoms with E-state index in [4.69, 9.17) is 0 Å². The Labute approximate surface area is 117 Å². The number of aromatic nitrogens is 2. The molecular formula is C14H20BrN3. The van der Waals surface area contributed by atoms with Gasteiger partial charge in [0.15, 0.2) is 0 Å². The normalized spacial score (nSPS) is 26.3. The van der Waals surface area contributed by atoms with E-state index in [1.54, 1.807) is 0 Å². The number of anilines is 1. The Balaban J connectivity index is 1.79. The van der Waals surface area contributed by atoms with Gasteiger partial charge in [-0.05, 0) is 47.0 Å². The molecule has 0 aromatic carbocycles. The van der Waals surface area contributed by atoms with Crippen LogP contribution >= 0.6 is 15.9 Å². The largest absolute Gasteiger partial charge is 0.367 e. The van der Waals surface area contributed by atoms with Crippen molar-refractivity contribution in [3.05, 3.63) is 16.5 Å². The number of hydrogen-bond acceptors (Lipinski definition) is 3. The van der Waals surface area contributed by atoms with Gasteiger partial charge >= 0.3 is 0 Å². The summed E-state index contributed by atoms with van der Waals surface area (Å²) in [6, 6.07) is 2.53. The van der Waals surface area contributed by atoms with Gasteiger partial charge in [0.05, 0.1) is 0 Å². The third-order valence-corrected chi connectivity index (χ3v) is 4.64. The molecule has 98 valence electrons. The summed E-state index contributed by atoms with van der Waals surface area (Å²) in [7, 11) is 0. The molecule has 3 nitrogen and oxygen atoms in total. The molecule has 2 aliphatic carbocycles. The fourth-order valence-electron chi connectivity index (χ4n) is 2.81. The lowest BCUT2D eigenvalue weighted by molar-refractivity contribution is 0.349. The zero-order valence-electron chi connectivity index (χ0n) is 11.0. The van der Waals surface area contributed by atoms with Gasteiger partial charge in [0.25, 0.3) is 0 Å². The third-order valence-electron chi connectivity index (χ3n) is 4.23. The van der Waals surface area contributed by atoms with Gasteiger partial charge in [0.2, 0.25) is 0 Å². The molecule has 18 heavy (non-hydrogen) atoms. The van der Waals surface area contributed by atoms with Gasteiger partial charge < -0.3 is 5.32 Å². The number of nitrogens with one attached hydrogen (secondary N) is 1. The monoisotopic (exact) mass is 309 g/mol. The van der Waals surface area contributed by atoms with Crippen LogP contribution in [0.4, 0.5) is 5.82 Å². The molecule has 2 fully saturated rings. The topological polar surface area (TPSA) is 37.8 Å². The predicted molar refractivity (Wildman–Crippen MR) is 76.7 cm³/mol. The molecule has 0 radical (unpaired) electrons. The maximum atomic E-state index is 4.67. The van der Waals surface area contributed by atoms with E-state index >= 15 is 0 Å². The lowest BCUT2D eigenvalue weighted by Gasteiger charge is -2.28. The van der Waals surface area contributed by atoms with Crippen molar-refractivity contribution in [2.75, 3.05) is 5.32 Å². The molecule has 3 rings (SSSR count). The van der Waals surface area contributed by atoms with Gasteiger partial charge in [0.1, 0.15) is 16.2 Å². The second-order valence-electron chi connectivity index (χ2n) is 6.29. The quantitative estimate of drug-likeness (QED) is 0.854. The summed E-state index contributed by atoms with van der Waals surface area (Å²) in [4.78, 5) is 9.14. The van der Waals surface area contributed by atoms with Crippen LogP contribution in [0.15, 0.2) is 10.7 Å². The Bertz CT molecular complexity index is 454. The first kappa shape index (κ1) is 12.4. The lowest BCUT2D eigenvalue weighted by atomic mass is 9.87. The second-order valence-corrected chi connectivity index (χ2v) is 7.10. The zero-order chi connectivity index (χ0) is 12.8. The Hall–Kier alpha value is -0.640. The maximum absolute atomic E-state index is 4.67. The SMILES string of the molecule is CC1(C)CCCC1Nc1cc(Br)nc(C2CC2)n1. The van der Waals surface area contributed by atoms with Crippen LogP contribution in [0.5, 0.6) is 0 Å². The molecule has 0 aliphatic heterocycles. The fourth-order valence-corrected chi connectivity index (χ4v) is 3.20. The Kier molecular flexibility index (Phi) is 3.08. The molecule has 0 bridgehead atoms. The van der Waals surface area contributed by atoms with Crippen molar-refractivity contribution in [3.63, 3.8) is 0 Å². The van der Waals surface area contributed by atoms with Crippen LogP contribution in [0, 0.1) is 5.41 Å². The van der Waals surface area contributed by atoms with Gasteiger partial charge in [0, 0.05) is 18.0 Å². The summed E-state index contributed by atoms with van der Waals surface area (Å²) in [6.07, 6.45) is 6.34.